The van der Waals surface area contributed by atoms with Crippen LogP contribution in [0.2, 0.25) is 0 Å². The Hall–Kier alpha value is -1.44. The molecule has 0 saturated carbocycles. The summed E-state index contributed by atoms with van der Waals surface area (Å²) in [5, 5.41) is 0. The van der Waals surface area contributed by atoms with Crippen LogP contribution in [0, 0.1) is 0 Å². The molecule has 0 unspecified atom stereocenters. The van der Waals surface area contributed by atoms with Crippen molar-refractivity contribution in [1.29, 1.82) is 0 Å². The van der Waals surface area contributed by atoms with E-state index in [1.165, 1.54) is 0 Å². The third-order valence-electron chi connectivity index (χ3n) is 3.94. The van der Waals surface area contributed by atoms with Crippen LogP contribution in [0.15, 0.2) is 6.07 Å². The number of anilines is 2. The Morgan fingerprint density at radius 2 is 2.14 bits per heavy atom. The average molecular weight is 294 g/mol. The standard InChI is InChI=1S/C14H26N6O/c1-4-21-10-13-16-12(18-15)9-14(17-13)20(3)11-5-7-19(2)8-6-11/h9,11H,4-8,10,15H2,1-3H3,(H,16,17,18). The first kappa shape index (κ1) is 15.9. The maximum absolute atomic E-state index is 5.51. The van der Waals surface area contributed by atoms with Crippen LogP contribution < -0.4 is 16.2 Å². The summed E-state index contributed by atoms with van der Waals surface area (Å²) in [4.78, 5) is 13.5. The quantitative estimate of drug-likeness (QED) is 0.594. The van der Waals surface area contributed by atoms with Crippen molar-refractivity contribution in [1.82, 2.24) is 14.9 Å². The number of likely N-dealkylation sites (tertiary alicyclic amines) is 1. The Morgan fingerprint density at radius 1 is 1.43 bits per heavy atom. The number of hydrogen-bond acceptors (Lipinski definition) is 7. The number of piperidine rings is 1. The highest BCUT2D eigenvalue weighted by atomic mass is 16.5. The average Bonchev–Trinajstić information content (AvgIpc) is 2.52. The van der Waals surface area contributed by atoms with Crippen LogP contribution in [0.1, 0.15) is 25.6 Å². The minimum atomic E-state index is 0.403. The molecule has 7 heteroatoms. The number of hydrogen-bond donors (Lipinski definition) is 2. The molecule has 3 N–H and O–H groups in total. The molecule has 1 aromatic rings. The van der Waals surface area contributed by atoms with Crippen molar-refractivity contribution < 1.29 is 4.74 Å². The topological polar surface area (TPSA) is 79.5 Å². The van der Waals surface area contributed by atoms with E-state index in [1.54, 1.807) is 0 Å². The van der Waals surface area contributed by atoms with Gasteiger partial charge in [-0.3, -0.25) is 0 Å². The predicted octanol–water partition coefficient (Wildman–Crippen LogP) is 0.829. The van der Waals surface area contributed by atoms with Crippen molar-refractivity contribution in [2.45, 2.75) is 32.4 Å². The highest BCUT2D eigenvalue weighted by molar-refractivity contribution is 5.49. The largest absolute Gasteiger partial charge is 0.374 e. The molecule has 1 saturated heterocycles. The minimum Gasteiger partial charge on any atom is -0.374 e. The van der Waals surface area contributed by atoms with Crippen molar-refractivity contribution in [3.63, 3.8) is 0 Å². The normalized spacial score (nSPS) is 17.0. The lowest BCUT2D eigenvalue weighted by molar-refractivity contribution is 0.128. The fourth-order valence-electron chi connectivity index (χ4n) is 2.56. The van der Waals surface area contributed by atoms with E-state index in [1.807, 2.05) is 13.0 Å². The molecule has 0 radical (unpaired) electrons. The monoisotopic (exact) mass is 294 g/mol. The first-order chi connectivity index (χ1) is 10.1. The predicted molar refractivity (Wildman–Crippen MR) is 84.1 cm³/mol. The first-order valence-electron chi connectivity index (χ1n) is 7.47. The lowest BCUT2D eigenvalue weighted by Crippen LogP contribution is -2.42. The highest BCUT2D eigenvalue weighted by Gasteiger charge is 2.22. The van der Waals surface area contributed by atoms with Crippen LogP contribution in [-0.4, -0.2) is 54.7 Å². The van der Waals surface area contributed by atoms with Crippen molar-refractivity contribution in [3.05, 3.63) is 11.9 Å². The van der Waals surface area contributed by atoms with Crippen molar-refractivity contribution in [2.75, 3.05) is 44.1 Å². The zero-order valence-electron chi connectivity index (χ0n) is 13.2. The molecule has 7 nitrogen and oxygen atoms in total. The molecule has 0 amide bonds. The van der Waals surface area contributed by atoms with Gasteiger partial charge >= 0.3 is 0 Å². The molecule has 118 valence electrons. The summed E-state index contributed by atoms with van der Waals surface area (Å²) >= 11 is 0. The summed E-state index contributed by atoms with van der Waals surface area (Å²) < 4.78 is 5.39. The van der Waals surface area contributed by atoms with E-state index in [0.29, 0.717) is 30.9 Å². The Balaban J connectivity index is 2.13. The van der Waals surface area contributed by atoms with Gasteiger partial charge in [-0.15, -0.1) is 0 Å². The summed E-state index contributed by atoms with van der Waals surface area (Å²) in [6, 6.07) is 2.38. The van der Waals surface area contributed by atoms with Crippen LogP contribution in [0.3, 0.4) is 0 Å². The Kier molecular flexibility index (Phi) is 5.72. The molecule has 1 aliphatic heterocycles. The number of rotatable bonds is 6. The number of nitrogens with two attached hydrogens (primary N) is 1. The Bertz CT molecular complexity index is 447. The molecular formula is C14H26N6O. The van der Waals surface area contributed by atoms with E-state index in [9.17, 15) is 0 Å². The fourth-order valence-corrected chi connectivity index (χ4v) is 2.56. The third kappa shape index (κ3) is 4.26. The highest BCUT2D eigenvalue weighted by Crippen LogP contribution is 2.22. The molecular weight excluding hydrogens is 268 g/mol. The maximum Gasteiger partial charge on any atom is 0.158 e. The van der Waals surface area contributed by atoms with Crippen LogP contribution in [0.25, 0.3) is 0 Å². The number of nitrogens with zero attached hydrogens (tertiary/aromatic N) is 4. The second-order valence-corrected chi connectivity index (χ2v) is 5.45. The smallest absolute Gasteiger partial charge is 0.158 e. The van der Waals surface area contributed by atoms with E-state index in [4.69, 9.17) is 10.6 Å². The SMILES string of the molecule is CCOCc1nc(NN)cc(N(C)C2CCN(C)CC2)n1. The second kappa shape index (κ2) is 7.53. The van der Waals surface area contributed by atoms with E-state index in [0.717, 1.165) is 31.7 Å². The second-order valence-electron chi connectivity index (χ2n) is 5.45. The Labute approximate surface area is 126 Å². The number of ether oxygens (including phenoxy) is 1. The number of hydrazine groups is 1. The summed E-state index contributed by atoms with van der Waals surface area (Å²) in [6.45, 7) is 5.24. The molecule has 2 heterocycles. The van der Waals surface area contributed by atoms with E-state index in [2.05, 4.69) is 39.3 Å². The van der Waals surface area contributed by atoms with Crippen LogP contribution in [0.5, 0.6) is 0 Å². The van der Waals surface area contributed by atoms with Gasteiger partial charge in [-0.25, -0.2) is 15.8 Å². The van der Waals surface area contributed by atoms with Crippen molar-refractivity contribution in [2.24, 2.45) is 5.84 Å². The molecule has 1 fully saturated rings. The summed E-state index contributed by atoms with van der Waals surface area (Å²) in [6.07, 6.45) is 2.28. The molecule has 0 aromatic carbocycles. The summed E-state index contributed by atoms with van der Waals surface area (Å²) in [5.74, 6) is 7.67. The number of nitrogen functional groups attached to an aromatic ring is 1. The van der Waals surface area contributed by atoms with Crippen LogP contribution in [0.4, 0.5) is 11.6 Å². The van der Waals surface area contributed by atoms with Crippen LogP contribution >= 0.6 is 0 Å². The zero-order valence-corrected chi connectivity index (χ0v) is 13.2. The number of nitrogens with one attached hydrogen (secondary N) is 1. The molecule has 21 heavy (non-hydrogen) atoms. The van der Waals surface area contributed by atoms with Crippen molar-refractivity contribution in [3.8, 4) is 0 Å². The van der Waals surface area contributed by atoms with Gasteiger partial charge in [0, 0.05) is 25.8 Å². The molecule has 2 rings (SSSR count). The molecule has 0 aliphatic carbocycles. The van der Waals surface area contributed by atoms with E-state index < -0.39 is 0 Å². The van der Waals surface area contributed by atoms with Gasteiger partial charge in [0.1, 0.15) is 18.2 Å². The van der Waals surface area contributed by atoms with Gasteiger partial charge in [0.2, 0.25) is 0 Å². The van der Waals surface area contributed by atoms with E-state index >= 15 is 0 Å². The maximum atomic E-state index is 5.51. The lowest BCUT2D eigenvalue weighted by Gasteiger charge is -2.35. The van der Waals surface area contributed by atoms with Crippen molar-refractivity contribution >= 4 is 11.6 Å². The van der Waals surface area contributed by atoms with Gasteiger partial charge < -0.3 is 20.0 Å². The first-order valence-corrected chi connectivity index (χ1v) is 7.47. The Morgan fingerprint density at radius 3 is 2.76 bits per heavy atom. The molecule has 1 aliphatic rings. The molecule has 0 spiro atoms. The van der Waals surface area contributed by atoms with E-state index in [-0.39, 0.29) is 0 Å². The summed E-state index contributed by atoms with van der Waals surface area (Å²) in [5.41, 5.74) is 2.61. The van der Waals surface area contributed by atoms with Gasteiger partial charge in [-0.1, -0.05) is 0 Å². The zero-order chi connectivity index (χ0) is 15.2. The van der Waals surface area contributed by atoms with Crippen LogP contribution in [-0.2, 0) is 11.3 Å². The minimum absolute atomic E-state index is 0.403. The molecule has 0 atom stereocenters. The van der Waals surface area contributed by atoms with Gasteiger partial charge in [-0.05, 0) is 39.9 Å². The lowest BCUT2D eigenvalue weighted by atomic mass is 10.0. The number of aromatic nitrogens is 2. The van der Waals surface area contributed by atoms with Gasteiger partial charge in [0.25, 0.3) is 0 Å². The molecule has 0 bridgehead atoms. The molecule has 1 aromatic heterocycles. The van der Waals surface area contributed by atoms with Gasteiger partial charge in [0.15, 0.2) is 5.82 Å². The van der Waals surface area contributed by atoms with Gasteiger partial charge in [0.05, 0.1) is 0 Å². The summed E-state index contributed by atoms with van der Waals surface area (Å²) in [7, 11) is 4.25. The third-order valence-corrected chi connectivity index (χ3v) is 3.94. The van der Waals surface area contributed by atoms with Gasteiger partial charge in [-0.2, -0.15) is 0 Å². The fraction of sp³-hybridized carbons (Fsp3) is 0.714.